The number of benzene rings is 1. The van der Waals surface area contributed by atoms with Gasteiger partial charge in [-0.05, 0) is 48.9 Å². The van der Waals surface area contributed by atoms with E-state index in [1.165, 1.54) is 18.4 Å². The third-order valence-corrected chi connectivity index (χ3v) is 3.63. The van der Waals surface area contributed by atoms with Gasteiger partial charge in [-0.15, -0.1) is 0 Å². The summed E-state index contributed by atoms with van der Waals surface area (Å²) >= 11 is 0. The van der Waals surface area contributed by atoms with E-state index in [1.54, 1.807) is 0 Å². The van der Waals surface area contributed by atoms with Gasteiger partial charge in [0, 0.05) is 6.04 Å². The molecule has 1 atom stereocenters. The molecule has 100 valence electrons. The van der Waals surface area contributed by atoms with Gasteiger partial charge < -0.3 is 10.1 Å². The van der Waals surface area contributed by atoms with E-state index in [9.17, 15) is 0 Å². The van der Waals surface area contributed by atoms with E-state index in [-0.39, 0.29) is 0 Å². The molecule has 18 heavy (non-hydrogen) atoms. The third kappa shape index (κ3) is 3.74. The highest BCUT2D eigenvalue weighted by Gasteiger charge is 2.30. The lowest BCUT2D eigenvalue weighted by Crippen LogP contribution is -2.36. The monoisotopic (exact) mass is 247 g/mol. The fourth-order valence-electron chi connectivity index (χ4n) is 2.26. The first-order chi connectivity index (χ1) is 8.70. The molecule has 0 aromatic heterocycles. The molecule has 0 amide bonds. The summed E-state index contributed by atoms with van der Waals surface area (Å²) in [5.74, 6) is 2.41. The Kier molecular flexibility index (Phi) is 4.65. The number of hydrogen-bond acceptors (Lipinski definition) is 2. The second kappa shape index (κ2) is 6.24. The Morgan fingerprint density at radius 1 is 1.22 bits per heavy atom. The van der Waals surface area contributed by atoms with Crippen LogP contribution in [0.3, 0.4) is 0 Å². The van der Waals surface area contributed by atoms with Crippen LogP contribution in [0.15, 0.2) is 24.3 Å². The van der Waals surface area contributed by atoms with Gasteiger partial charge in [0.1, 0.15) is 12.4 Å². The highest BCUT2D eigenvalue weighted by molar-refractivity contribution is 5.28. The number of ether oxygens (including phenoxy) is 1. The van der Waals surface area contributed by atoms with Crippen molar-refractivity contribution < 1.29 is 4.74 Å². The zero-order chi connectivity index (χ0) is 13.0. The summed E-state index contributed by atoms with van der Waals surface area (Å²) in [6.45, 7) is 8.40. The molecule has 1 saturated carbocycles. The maximum absolute atomic E-state index is 5.89. The van der Waals surface area contributed by atoms with Crippen LogP contribution in [-0.4, -0.2) is 19.2 Å². The highest BCUT2D eigenvalue weighted by atomic mass is 16.5. The maximum atomic E-state index is 5.89. The summed E-state index contributed by atoms with van der Waals surface area (Å²) in [5.41, 5.74) is 1.37. The van der Waals surface area contributed by atoms with Crippen molar-refractivity contribution in [3.05, 3.63) is 29.8 Å². The Morgan fingerprint density at radius 2 is 1.89 bits per heavy atom. The van der Waals surface area contributed by atoms with E-state index in [2.05, 4.69) is 50.4 Å². The molecule has 1 aliphatic carbocycles. The standard InChI is InChI=1S/C16H25NO/c1-4-17-16(14-5-6-14)11-18-15-9-7-13(8-10-15)12(2)3/h7-10,12,14,16-17H,4-6,11H2,1-3H3. The van der Waals surface area contributed by atoms with Gasteiger partial charge in [0.05, 0.1) is 0 Å². The fraction of sp³-hybridized carbons (Fsp3) is 0.625. The fourth-order valence-corrected chi connectivity index (χ4v) is 2.26. The summed E-state index contributed by atoms with van der Waals surface area (Å²) in [6, 6.07) is 9.04. The van der Waals surface area contributed by atoms with Crippen molar-refractivity contribution >= 4 is 0 Å². The van der Waals surface area contributed by atoms with Gasteiger partial charge >= 0.3 is 0 Å². The van der Waals surface area contributed by atoms with Crippen molar-refractivity contribution in [2.24, 2.45) is 5.92 Å². The van der Waals surface area contributed by atoms with Gasteiger partial charge in [-0.2, -0.15) is 0 Å². The lowest BCUT2D eigenvalue weighted by molar-refractivity contribution is 0.251. The van der Waals surface area contributed by atoms with Crippen molar-refractivity contribution in [3.63, 3.8) is 0 Å². The Hall–Kier alpha value is -1.02. The molecule has 2 heteroatoms. The van der Waals surface area contributed by atoms with Crippen LogP contribution in [0.25, 0.3) is 0 Å². The quantitative estimate of drug-likeness (QED) is 0.795. The second-order valence-electron chi connectivity index (χ2n) is 5.54. The van der Waals surface area contributed by atoms with Crippen LogP contribution < -0.4 is 10.1 Å². The molecule has 1 aromatic rings. The molecular formula is C16H25NO. The molecule has 2 rings (SSSR count). The van der Waals surface area contributed by atoms with Crippen molar-refractivity contribution in [1.29, 1.82) is 0 Å². The lowest BCUT2D eigenvalue weighted by atomic mass is 10.0. The molecule has 1 aromatic carbocycles. The van der Waals surface area contributed by atoms with Gasteiger partial charge in [-0.3, -0.25) is 0 Å². The molecule has 0 spiro atoms. The van der Waals surface area contributed by atoms with Crippen LogP contribution in [0.4, 0.5) is 0 Å². The van der Waals surface area contributed by atoms with Crippen LogP contribution >= 0.6 is 0 Å². The van der Waals surface area contributed by atoms with E-state index in [0.717, 1.165) is 24.8 Å². The molecule has 1 N–H and O–H groups in total. The Bertz CT molecular complexity index is 354. The SMILES string of the molecule is CCNC(COc1ccc(C(C)C)cc1)C1CC1. The summed E-state index contributed by atoms with van der Waals surface area (Å²) in [4.78, 5) is 0. The molecule has 0 saturated heterocycles. The smallest absolute Gasteiger partial charge is 0.119 e. The first kappa shape index (κ1) is 13.4. The number of rotatable bonds is 7. The molecule has 0 radical (unpaired) electrons. The minimum Gasteiger partial charge on any atom is -0.492 e. The van der Waals surface area contributed by atoms with Crippen molar-refractivity contribution in [2.75, 3.05) is 13.2 Å². The summed E-state index contributed by atoms with van der Waals surface area (Å²) in [5, 5.41) is 3.52. The Labute approximate surface area is 111 Å². The molecule has 0 bridgehead atoms. The molecule has 2 nitrogen and oxygen atoms in total. The summed E-state index contributed by atoms with van der Waals surface area (Å²) < 4.78 is 5.89. The van der Waals surface area contributed by atoms with Gasteiger partial charge in [-0.25, -0.2) is 0 Å². The number of nitrogens with one attached hydrogen (secondary N) is 1. The molecular weight excluding hydrogens is 222 g/mol. The van der Waals surface area contributed by atoms with Crippen molar-refractivity contribution in [1.82, 2.24) is 5.32 Å². The predicted molar refractivity (Wildman–Crippen MR) is 76.2 cm³/mol. The molecule has 0 heterocycles. The van der Waals surface area contributed by atoms with Crippen molar-refractivity contribution in [2.45, 2.75) is 45.6 Å². The summed E-state index contributed by atoms with van der Waals surface area (Å²) in [7, 11) is 0. The van der Waals surface area contributed by atoms with Crippen LogP contribution in [0.5, 0.6) is 5.75 Å². The molecule has 0 aliphatic heterocycles. The number of likely N-dealkylation sites (N-methyl/N-ethyl adjacent to an activating group) is 1. The normalized spacial score (nSPS) is 16.9. The van der Waals surface area contributed by atoms with E-state index < -0.39 is 0 Å². The zero-order valence-electron chi connectivity index (χ0n) is 11.8. The summed E-state index contributed by atoms with van der Waals surface area (Å²) in [6.07, 6.45) is 2.71. The molecule has 1 fully saturated rings. The van der Waals surface area contributed by atoms with E-state index in [0.29, 0.717) is 12.0 Å². The van der Waals surface area contributed by atoms with Crippen molar-refractivity contribution in [3.8, 4) is 5.75 Å². The second-order valence-corrected chi connectivity index (χ2v) is 5.54. The first-order valence-electron chi connectivity index (χ1n) is 7.16. The van der Waals surface area contributed by atoms with Crippen LogP contribution in [0.2, 0.25) is 0 Å². The first-order valence-corrected chi connectivity index (χ1v) is 7.16. The van der Waals surface area contributed by atoms with E-state index in [4.69, 9.17) is 4.74 Å². The van der Waals surface area contributed by atoms with Crippen LogP contribution in [0, 0.1) is 5.92 Å². The van der Waals surface area contributed by atoms with E-state index >= 15 is 0 Å². The predicted octanol–water partition coefficient (Wildman–Crippen LogP) is 3.58. The largest absolute Gasteiger partial charge is 0.492 e. The average molecular weight is 247 g/mol. The minimum atomic E-state index is 0.528. The van der Waals surface area contributed by atoms with Crippen LogP contribution in [0.1, 0.15) is 45.1 Å². The van der Waals surface area contributed by atoms with Gasteiger partial charge in [0.25, 0.3) is 0 Å². The van der Waals surface area contributed by atoms with Gasteiger partial charge in [-0.1, -0.05) is 32.9 Å². The Balaban J connectivity index is 1.84. The zero-order valence-corrected chi connectivity index (χ0v) is 11.8. The maximum Gasteiger partial charge on any atom is 0.119 e. The molecule has 1 aliphatic rings. The Morgan fingerprint density at radius 3 is 2.39 bits per heavy atom. The van der Waals surface area contributed by atoms with Gasteiger partial charge in [0.15, 0.2) is 0 Å². The minimum absolute atomic E-state index is 0.528. The topological polar surface area (TPSA) is 21.3 Å². The third-order valence-electron chi connectivity index (χ3n) is 3.63. The van der Waals surface area contributed by atoms with E-state index in [1.807, 2.05) is 0 Å². The highest BCUT2D eigenvalue weighted by Crippen LogP contribution is 2.33. The number of hydrogen-bond donors (Lipinski definition) is 1. The molecule has 1 unspecified atom stereocenters. The lowest BCUT2D eigenvalue weighted by Gasteiger charge is -2.18. The van der Waals surface area contributed by atoms with Gasteiger partial charge in [0.2, 0.25) is 0 Å². The average Bonchev–Trinajstić information content (AvgIpc) is 3.19. The van der Waals surface area contributed by atoms with Crippen LogP contribution in [-0.2, 0) is 0 Å².